The molecule has 4 aliphatic heterocycles. The summed E-state index contributed by atoms with van der Waals surface area (Å²) in [4.78, 5) is 28.7. The lowest BCUT2D eigenvalue weighted by Crippen LogP contribution is -2.60. The molecule has 0 aliphatic carbocycles. The van der Waals surface area contributed by atoms with E-state index < -0.39 is 79.1 Å². The number of methoxy groups -OCH3 is 2. The molecule has 17 atom stereocenters. The van der Waals surface area contributed by atoms with E-state index in [1.54, 1.807) is 26.0 Å². The second-order valence-corrected chi connectivity index (χ2v) is 15.0. The van der Waals surface area contributed by atoms with E-state index in [4.69, 9.17) is 37.9 Å². The van der Waals surface area contributed by atoms with Gasteiger partial charge >= 0.3 is 5.97 Å². The van der Waals surface area contributed by atoms with Crippen molar-refractivity contribution in [3.05, 3.63) is 24.3 Å². The standard InChI is InChI=1S/C37H61NO13/c1-11-27-37(43,18-46-36-33(45-10)32(44-9)29(41)23(6)48-36)34-26(49-34)14-13-25(39)20(3)16-21(4)31(19(2)12-15-28(40)50-27)51-35-30(42)24(38(7)8)17-22(5)47-35/h12-15,19-24,26-27,29-36,41-43H,11,16-18H2,1-10H3/b14-13+,15-12?/t19-,20+,21-,22+,23+,24-,26+,27+,29+,30+,31+,32+,33+,34+,35-,36+,37-/m0/s1. The summed E-state index contributed by atoms with van der Waals surface area (Å²) in [6.45, 7) is 10.7. The van der Waals surface area contributed by atoms with Gasteiger partial charge in [0, 0.05) is 38.2 Å². The average Bonchev–Trinajstić information content (AvgIpc) is 3.88. The summed E-state index contributed by atoms with van der Waals surface area (Å²) in [7, 11) is 6.70. The van der Waals surface area contributed by atoms with E-state index in [-0.39, 0.29) is 48.7 Å². The molecule has 14 heteroatoms. The highest BCUT2D eigenvalue weighted by atomic mass is 16.7. The van der Waals surface area contributed by atoms with Gasteiger partial charge in [0.25, 0.3) is 0 Å². The van der Waals surface area contributed by atoms with E-state index >= 15 is 0 Å². The van der Waals surface area contributed by atoms with Gasteiger partial charge in [0.15, 0.2) is 24.0 Å². The largest absolute Gasteiger partial charge is 0.456 e. The number of nitrogens with zero attached hydrogens (tertiary/aromatic N) is 1. The molecule has 0 unspecified atom stereocenters. The monoisotopic (exact) mass is 727 g/mol. The van der Waals surface area contributed by atoms with Gasteiger partial charge in [-0.25, -0.2) is 4.79 Å². The van der Waals surface area contributed by atoms with E-state index in [0.29, 0.717) is 12.8 Å². The quantitative estimate of drug-likeness (QED) is 0.232. The Morgan fingerprint density at radius 1 is 0.882 bits per heavy atom. The number of likely N-dealkylation sites (N-methyl/N-ethyl adjacent to an activating group) is 1. The lowest BCUT2D eigenvalue weighted by molar-refractivity contribution is -0.313. The van der Waals surface area contributed by atoms with Gasteiger partial charge in [-0.2, -0.15) is 0 Å². The molecule has 0 radical (unpaired) electrons. The number of rotatable bonds is 9. The van der Waals surface area contributed by atoms with Crippen molar-refractivity contribution < 1.29 is 62.8 Å². The molecule has 4 rings (SSSR count). The maximum Gasteiger partial charge on any atom is 0.330 e. The maximum absolute atomic E-state index is 13.4. The van der Waals surface area contributed by atoms with Gasteiger partial charge in [0.05, 0.1) is 24.9 Å². The number of esters is 1. The van der Waals surface area contributed by atoms with Crippen LogP contribution < -0.4 is 0 Å². The number of aliphatic hydroxyl groups excluding tert-OH is 2. The van der Waals surface area contributed by atoms with E-state index in [9.17, 15) is 24.9 Å². The Bertz CT molecular complexity index is 1210. The Hall–Kier alpha value is -1.82. The van der Waals surface area contributed by atoms with Crippen molar-refractivity contribution in [2.75, 3.05) is 34.9 Å². The fraction of sp³-hybridized carbons (Fsp3) is 0.838. The fourth-order valence-corrected chi connectivity index (χ4v) is 7.69. The molecule has 0 aromatic carbocycles. The highest BCUT2D eigenvalue weighted by Gasteiger charge is 2.59. The smallest absolute Gasteiger partial charge is 0.330 e. The van der Waals surface area contributed by atoms with Gasteiger partial charge in [-0.05, 0) is 65.3 Å². The fourth-order valence-electron chi connectivity index (χ4n) is 7.69. The Labute approximate surface area is 302 Å². The number of ketones is 1. The number of carbonyl (C=O) groups excluding carboxylic acids is 2. The Kier molecular flexibility index (Phi) is 14.8. The van der Waals surface area contributed by atoms with Crippen molar-refractivity contribution >= 4 is 11.8 Å². The van der Waals surface area contributed by atoms with Crippen molar-refractivity contribution in [3.8, 4) is 0 Å². The van der Waals surface area contributed by atoms with E-state index in [1.165, 1.54) is 26.4 Å². The number of carbonyl (C=O) groups is 2. The Morgan fingerprint density at radius 3 is 2.20 bits per heavy atom. The number of cyclic esters (lactones) is 1. The number of ether oxygens (including phenoxy) is 8. The molecule has 3 fully saturated rings. The molecule has 0 saturated carbocycles. The minimum absolute atomic E-state index is 0.115. The molecule has 51 heavy (non-hydrogen) atoms. The van der Waals surface area contributed by atoms with Crippen LogP contribution in [0.1, 0.15) is 60.8 Å². The Balaban J connectivity index is 1.59. The van der Waals surface area contributed by atoms with E-state index in [1.807, 2.05) is 46.7 Å². The minimum Gasteiger partial charge on any atom is -0.456 e. The first-order chi connectivity index (χ1) is 24.1. The molecular formula is C37H61NO13. The van der Waals surface area contributed by atoms with E-state index in [2.05, 4.69) is 0 Å². The van der Waals surface area contributed by atoms with Gasteiger partial charge < -0.3 is 58.1 Å². The van der Waals surface area contributed by atoms with Crippen LogP contribution in [0.15, 0.2) is 24.3 Å². The van der Waals surface area contributed by atoms with Crippen molar-refractivity contribution in [1.82, 2.24) is 4.90 Å². The van der Waals surface area contributed by atoms with Crippen LogP contribution in [0, 0.1) is 17.8 Å². The van der Waals surface area contributed by atoms with Crippen molar-refractivity contribution in [2.24, 2.45) is 17.8 Å². The lowest BCUT2D eigenvalue weighted by Gasteiger charge is -2.43. The molecule has 0 amide bonds. The molecule has 0 aromatic rings. The van der Waals surface area contributed by atoms with Gasteiger partial charge in [0.1, 0.15) is 42.7 Å². The zero-order chi connectivity index (χ0) is 37.8. The van der Waals surface area contributed by atoms with Gasteiger partial charge in [-0.1, -0.05) is 33.8 Å². The summed E-state index contributed by atoms with van der Waals surface area (Å²) < 4.78 is 47.4. The number of hydrogen-bond donors (Lipinski definition) is 3. The first-order valence-corrected chi connectivity index (χ1v) is 18.2. The number of fused-ring (bicyclic) bond motifs is 1. The summed E-state index contributed by atoms with van der Waals surface area (Å²) in [5.41, 5.74) is -1.86. The number of hydrogen-bond acceptors (Lipinski definition) is 14. The summed E-state index contributed by atoms with van der Waals surface area (Å²) in [5, 5.41) is 34.0. The van der Waals surface area contributed by atoms with Crippen molar-refractivity contribution in [1.29, 1.82) is 0 Å². The summed E-state index contributed by atoms with van der Waals surface area (Å²) in [6, 6.07) is -0.171. The molecule has 3 N–H and O–H groups in total. The van der Waals surface area contributed by atoms with Crippen LogP contribution in [0.2, 0.25) is 0 Å². The van der Waals surface area contributed by atoms with Crippen LogP contribution in [0.5, 0.6) is 0 Å². The zero-order valence-corrected chi connectivity index (χ0v) is 31.7. The second kappa shape index (κ2) is 18.0. The topological polar surface area (TPSA) is 175 Å². The average molecular weight is 728 g/mol. The first-order valence-electron chi connectivity index (χ1n) is 18.2. The van der Waals surface area contributed by atoms with E-state index in [0.717, 1.165) is 0 Å². The third-order valence-electron chi connectivity index (χ3n) is 10.8. The summed E-state index contributed by atoms with van der Waals surface area (Å²) in [6.07, 6.45) is -1.95. The van der Waals surface area contributed by atoms with Crippen LogP contribution in [0.3, 0.4) is 0 Å². The normalized spacial score (nSPS) is 46.4. The third kappa shape index (κ3) is 9.84. The van der Waals surface area contributed by atoms with Gasteiger partial charge in [-0.3, -0.25) is 4.79 Å². The first kappa shape index (κ1) is 41.9. The molecule has 0 aromatic heterocycles. The molecule has 0 bridgehead atoms. The van der Waals surface area contributed by atoms with Crippen molar-refractivity contribution in [3.63, 3.8) is 0 Å². The molecule has 4 aliphatic rings. The third-order valence-corrected chi connectivity index (χ3v) is 10.8. The summed E-state index contributed by atoms with van der Waals surface area (Å²) in [5.74, 6) is -1.71. The molecule has 4 heterocycles. The number of epoxide rings is 1. The van der Waals surface area contributed by atoms with Crippen LogP contribution >= 0.6 is 0 Å². The van der Waals surface area contributed by atoms with Crippen LogP contribution in [0.4, 0.5) is 0 Å². The molecule has 3 saturated heterocycles. The van der Waals surface area contributed by atoms with Crippen LogP contribution in [-0.4, -0.2) is 152 Å². The zero-order valence-electron chi connectivity index (χ0n) is 31.7. The SMILES string of the molecule is CC[C@H]1OC(=O)C=C[C@H](C)[C@@H](O[C@@H]2O[C@H](C)C[C@H](N(C)C)[C@H]2O)[C@@H](C)C[C@@H](C)C(=O)/C=C/[C@H]2O[C@H]2[C@]1(O)CO[C@@H]1O[C@H](C)[C@@H](O)[C@@H](OC)[C@H]1OC. The number of allylic oxidation sites excluding steroid dienone is 1. The van der Waals surface area contributed by atoms with Crippen LogP contribution in [0.25, 0.3) is 0 Å². The maximum atomic E-state index is 13.4. The van der Waals surface area contributed by atoms with Gasteiger partial charge in [-0.15, -0.1) is 0 Å². The predicted octanol–water partition coefficient (Wildman–Crippen LogP) is 1.76. The minimum atomic E-state index is -1.86. The Morgan fingerprint density at radius 2 is 1.57 bits per heavy atom. The molecule has 0 spiro atoms. The second-order valence-electron chi connectivity index (χ2n) is 15.0. The molecule has 14 nitrogen and oxygen atoms in total. The molecular weight excluding hydrogens is 666 g/mol. The molecule has 292 valence electrons. The number of aliphatic hydroxyl groups is 3. The highest BCUT2D eigenvalue weighted by Crippen LogP contribution is 2.40. The lowest BCUT2D eigenvalue weighted by atomic mass is 9.84. The van der Waals surface area contributed by atoms with Crippen LogP contribution in [-0.2, 0) is 47.5 Å². The summed E-state index contributed by atoms with van der Waals surface area (Å²) >= 11 is 0. The van der Waals surface area contributed by atoms with Crippen molar-refractivity contribution in [2.45, 2.75) is 146 Å². The van der Waals surface area contributed by atoms with Gasteiger partial charge in [0.2, 0.25) is 0 Å². The predicted molar refractivity (Wildman–Crippen MR) is 184 cm³/mol. The highest BCUT2D eigenvalue weighted by molar-refractivity contribution is 5.91.